The second-order valence-electron chi connectivity index (χ2n) is 15.7. The fraction of sp³-hybridized carbons (Fsp3) is 0.0566. The molecule has 11 aromatic rings. The molecule has 2 aromatic heterocycles. The van der Waals surface area contributed by atoms with Crippen molar-refractivity contribution in [2.75, 3.05) is 4.90 Å². The van der Waals surface area contributed by atoms with Crippen molar-refractivity contribution in [1.29, 1.82) is 0 Å². The highest BCUT2D eigenvalue weighted by molar-refractivity contribution is 6.26. The molecule has 9 aromatic carbocycles. The summed E-state index contributed by atoms with van der Waals surface area (Å²) < 4.78 is 9.11. The SMILES string of the molecule is CC1(C)c2ccccc2-c2c1cc1oc3ccccc3c1c2N(c1ccc2c3ccccc3c3ccccc3c2c1)c1ccc2ccn(-c3ccccc3)c2c1. The molecule has 0 radical (unpaired) electrons. The van der Waals surface area contributed by atoms with Gasteiger partial charge in [-0.15, -0.1) is 0 Å². The smallest absolute Gasteiger partial charge is 0.137 e. The van der Waals surface area contributed by atoms with Crippen LogP contribution >= 0.6 is 0 Å². The average Bonchev–Trinajstić information content (AvgIpc) is 3.91. The van der Waals surface area contributed by atoms with Gasteiger partial charge < -0.3 is 13.9 Å². The van der Waals surface area contributed by atoms with Crippen molar-refractivity contribution < 1.29 is 4.42 Å². The number of aromatic nitrogens is 1. The minimum atomic E-state index is -0.232. The van der Waals surface area contributed by atoms with Crippen molar-refractivity contribution in [2.24, 2.45) is 0 Å². The first-order valence-corrected chi connectivity index (χ1v) is 19.4. The highest BCUT2D eigenvalue weighted by Gasteiger charge is 2.40. The summed E-state index contributed by atoms with van der Waals surface area (Å²) in [5, 5.41) is 11.0. The molecule has 0 aliphatic heterocycles. The molecule has 1 aliphatic carbocycles. The van der Waals surface area contributed by atoms with Crippen LogP contribution in [-0.4, -0.2) is 4.57 Å². The summed E-state index contributed by atoms with van der Waals surface area (Å²) in [4.78, 5) is 2.52. The number of hydrogen-bond acceptors (Lipinski definition) is 2. The van der Waals surface area contributed by atoms with Gasteiger partial charge in [-0.3, -0.25) is 0 Å². The molecule has 0 amide bonds. The van der Waals surface area contributed by atoms with Gasteiger partial charge in [0.25, 0.3) is 0 Å². The third-order valence-corrected chi connectivity index (χ3v) is 12.4. The summed E-state index contributed by atoms with van der Waals surface area (Å²) in [7, 11) is 0. The molecule has 0 atom stereocenters. The van der Waals surface area contributed by atoms with Crippen molar-refractivity contribution in [3.8, 4) is 16.8 Å². The molecule has 0 saturated heterocycles. The van der Waals surface area contributed by atoms with Gasteiger partial charge >= 0.3 is 0 Å². The standard InChI is InChI=1S/C53H36N2O/c1-53(2)45-22-12-10-20-42(45)50-46(53)32-49-51(43-21-11-13-23-48(43)56-49)52(50)55(36-25-24-33-28-29-54(47(33)31-36)34-14-4-3-5-15-34)35-26-27-41-39-18-7-6-16-37(39)38-17-8-9-19-40(38)44(41)30-35/h3-32H,1-2H3. The van der Waals surface area contributed by atoms with E-state index >= 15 is 0 Å². The van der Waals surface area contributed by atoms with Crippen LogP contribution in [0.5, 0.6) is 0 Å². The van der Waals surface area contributed by atoms with Gasteiger partial charge in [0.05, 0.1) is 16.6 Å². The summed E-state index contributed by atoms with van der Waals surface area (Å²) >= 11 is 0. The van der Waals surface area contributed by atoms with Gasteiger partial charge in [-0.05, 0) is 104 Å². The predicted molar refractivity (Wildman–Crippen MR) is 235 cm³/mol. The number of para-hydroxylation sites is 2. The Morgan fingerprint density at radius 2 is 1.09 bits per heavy atom. The normalized spacial score (nSPS) is 13.3. The van der Waals surface area contributed by atoms with Gasteiger partial charge in [0.15, 0.2) is 0 Å². The Labute approximate surface area is 324 Å². The number of anilines is 3. The molecule has 264 valence electrons. The maximum absolute atomic E-state index is 6.81. The van der Waals surface area contributed by atoms with Gasteiger partial charge in [0, 0.05) is 45.0 Å². The van der Waals surface area contributed by atoms with Crippen LogP contribution in [0, 0.1) is 0 Å². The van der Waals surface area contributed by atoms with Crippen LogP contribution in [0.25, 0.3) is 82.0 Å². The summed E-state index contributed by atoms with van der Waals surface area (Å²) in [6.07, 6.45) is 2.18. The van der Waals surface area contributed by atoms with Crippen molar-refractivity contribution in [2.45, 2.75) is 19.3 Å². The Morgan fingerprint density at radius 3 is 1.86 bits per heavy atom. The molecule has 12 rings (SSSR count). The zero-order valence-electron chi connectivity index (χ0n) is 31.1. The fourth-order valence-electron chi connectivity index (χ4n) is 9.76. The maximum Gasteiger partial charge on any atom is 0.137 e. The van der Waals surface area contributed by atoms with E-state index in [2.05, 4.69) is 205 Å². The second-order valence-corrected chi connectivity index (χ2v) is 15.7. The summed E-state index contributed by atoms with van der Waals surface area (Å²) in [5.74, 6) is 0. The Bertz CT molecular complexity index is 3370. The van der Waals surface area contributed by atoms with E-state index in [1.165, 1.54) is 60.0 Å². The minimum absolute atomic E-state index is 0.232. The van der Waals surface area contributed by atoms with Crippen molar-refractivity contribution in [3.05, 3.63) is 193 Å². The number of fused-ring (bicyclic) bond motifs is 13. The van der Waals surface area contributed by atoms with Crippen LogP contribution in [0.2, 0.25) is 0 Å². The molecule has 1 aliphatic rings. The third-order valence-electron chi connectivity index (χ3n) is 12.4. The summed E-state index contributed by atoms with van der Waals surface area (Å²) in [6.45, 7) is 4.71. The monoisotopic (exact) mass is 716 g/mol. The Kier molecular flexibility index (Phi) is 6.40. The van der Waals surface area contributed by atoms with Crippen LogP contribution < -0.4 is 4.90 Å². The van der Waals surface area contributed by atoms with E-state index < -0.39 is 0 Å². The molecule has 3 heteroatoms. The third kappa shape index (κ3) is 4.28. The molecule has 0 N–H and O–H groups in total. The maximum atomic E-state index is 6.81. The molecular weight excluding hydrogens is 681 g/mol. The van der Waals surface area contributed by atoms with Gasteiger partial charge in [-0.25, -0.2) is 0 Å². The van der Waals surface area contributed by atoms with E-state index in [1.54, 1.807) is 0 Å². The highest BCUT2D eigenvalue weighted by atomic mass is 16.3. The van der Waals surface area contributed by atoms with E-state index in [9.17, 15) is 0 Å². The van der Waals surface area contributed by atoms with Gasteiger partial charge in [0.1, 0.15) is 11.2 Å². The van der Waals surface area contributed by atoms with Crippen LogP contribution in [0.15, 0.2) is 187 Å². The van der Waals surface area contributed by atoms with Crippen LogP contribution in [0.4, 0.5) is 17.1 Å². The summed E-state index contributed by atoms with van der Waals surface area (Å²) in [5.41, 5.74) is 12.3. The van der Waals surface area contributed by atoms with Crippen molar-refractivity contribution >= 4 is 82.2 Å². The lowest BCUT2D eigenvalue weighted by Gasteiger charge is -2.30. The molecule has 0 saturated carbocycles. The van der Waals surface area contributed by atoms with Crippen molar-refractivity contribution in [1.82, 2.24) is 4.57 Å². The predicted octanol–water partition coefficient (Wildman–Crippen LogP) is 14.8. The number of rotatable bonds is 4. The topological polar surface area (TPSA) is 21.3 Å². The summed E-state index contributed by atoms with van der Waals surface area (Å²) in [6, 6.07) is 64.3. The molecular formula is C53H36N2O. The Hall–Kier alpha value is -7.10. The van der Waals surface area contributed by atoms with Crippen molar-refractivity contribution in [3.63, 3.8) is 0 Å². The highest BCUT2D eigenvalue weighted by Crippen LogP contribution is 2.58. The molecule has 56 heavy (non-hydrogen) atoms. The van der Waals surface area contributed by atoms with Crippen LogP contribution in [0.1, 0.15) is 25.0 Å². The lowest BCUT2D eigenvalue weighted by Crippen LogP contribution is -2.16. The van der Waals surface area contributed by atoms with E-state index in [4.69, 9.17) is 4.42 Å². The Balaban J connectivity index is 1.25. The van der Waals surface area contributed by atoms with E-state index in [0.29, 0.717) is 0 Å². The Morgan fingerprint density at radius 1 is 0.482 bits per heavy atom. The van der Waals surface area contributed by atoms with E-state index in [1.807, 2.05) is 0 Å². The number of benzene rings is 9. The quantitative estimate of drug-likeness (QED) is 0.169. The van der Waals surface area contributed by atoms with E-state index in [0.717, 1.165) is 50.2 Å². The largest absolute Gasteiger partial charge is 0.456 e. The minimum Gasteiger partial charge on any atom is -0.456 e. The first-order valence-electron chi connectivity index (χ1n) is 19.4. The fourth-order valence-corrected chi connectivity index (χ4v) is 9.76. The molecule has 3 nitrogen and oxygen atoms in total. The van der Waals surface area contributed by atoms with Gasteiger partial charge in [-0.1, -0.05) is 135 Å². The average molecular weight is 717 g/mol. The molecule has 0 bridgehead atoms. The lowest BCUT2D eigenvalue weighted by atomic mass is 9.82. The number of nitrogens with zero attached hydrogens (tertiary/aromatic N) is 2. The van der Waals surface area contributed by atoms with Gasteiger partial charge in [0.2, 0.25) is 0 Å². The van der Waals surface area contributed by atoms with Crippen LogP contribution in [-0.2, 0) is 5.41 Å². The van der Waals surface area contributed by atoms with E-state index in [-0.39, 0.29) is 5.41 Å². The zero-order valence-corrected chi connectivity index (χ0v) is 31.1. The lowest BCUT2D eigenvalue weighted by molar-refractivity contribution is 0.647. The van der Waals surface area contributed by atoms with Gasteiger partial charge in [-0.2, -0.15) is 0 Å². The first-order chi connectivity index (χ1) is 27.5. The molecule has 2 heterocycles. The molecule has 0 fully saturated rings. The zero-order chi connectivity index (χ0) is 37.1. The van der Waals surface area contributed by atoms with Crippen LogP contribution in [0.3, 0.4) is 0 Å². The second kappa shape index (κ2) is 11.5. The molecule has 0 spiro atoms. The molecule has 0 unspecified atom stereocenters. The number of hydrogen-bond donors (Lipinski definition) is 0. The number of furan rings is 1. The first kappa shape index (κ1) is 31.3.